The number of carbonyl (C=O) groups is 1. The lowest BCUT2D eigenvalue weighted by Gasteiger charge is -2.33. The molecule has 0 radical (unpaired) electrons. The molecule has 0 aromatic carbocycles. The van der Waals surface area contributed by atoms with E-state index in [9.17, 15) is 4.79 Å². The van der Waals surface area contributed by atoms with Crippen molar-refractivity contribution in [1.29, 1.82) is 0 Å². The van der Waals surface area contributed by atoms with Crippen molar-refractivity contribution in [1.82, 2.24) is 5.32 Å². The highest BCUT2D eigenvalue weighted by molar-refractivity contribution is 7.14. The zero-order valence-electron chi connectivity index (χ0n) is 13.0. The molecule has 0 atom stereocenters. The summed E-state index contributed by atoms with van der Waals surface area (Å²) in [5.74, 6) is 5.70. The average molecular weight is 292 g/mol. The fourth-order valence-electron chi connectivity index (χ4n) is 2.40. The maximum absolute atomic E-state index is 12.3. The third-order valence-electron chi connectivity index (χ3n) is 2.57. The van der Waals surface area contributed by atoms with Crippen LogP contribution in [0.1, 0.15) is 55.6 Å². The summed E-state index contributed by atoms with van der Waals surface area (Å²) in [6.07, 6.45) is 0.914. The van der Waals surface area contributed by atoms with Crippen LogP contribution in [0.2, 0.25) is 0 Å². The van der Waals surface area contributed by atoms with Crippen LogP contribution >= 0.6 is 11.3 Å². The molecule has 1 rings (SSSR count). The Hall–Kier alpha value is -1.31. The molecule has 3 N–H and O–H groups in total. The van der Waals surface area contributed by atoms with Gasteiger partial charge in [0.1, 0.15) is 0 Å². The Morgan fingerprint density at radius 3 is 2.50 bits per heavy atom. The molecule has 0 spiro atoms. The van der Waals surface area contributed by atoms with Crippen molar-refractivity contribution in [3.8, 4) is 11.8 Å². The summed E-state index contributed by atoms with van der Waals surface area (Å²) in [5, 5.41) is 3.10. The van der Waals surface area contributed by atoms with E-state index in [-0.39, 0.29) is 16.9 Å². The van der Waals surface area contributed by atoms with Crippen LogP contribution in [0.5, 0.6) is 0 Å². The number of rotatable bonds is 3. The SMILES string of the molecule is CC(C)(C)CC(C)(C)NC(=O)c1ccc(C#CCN)s1. The number of amides is 1. The molecule has 0 aliphatic heterocycles. The third kappa shape index (κ3) is 5.77. The number of nitrogens with two attached hydrogens (primary N) is 1. The Labute approximate surface area is 126 Å². The molecule has 4 heteroatoms. The van der Waals surface area contributed by atoms with Gasteiger partial charge in [0.2, 0.25) is 0 Å². The van der Waals surface area contributed by atoms with Gasteiger partial charge in [-0.15, -0.1) is 11.3 Å². The van der Waals surface area contributed by atoms with Gasteiger partial charge in [-0.05, 0) is 37.8 Å². The maximum atomic E-state index is 12.3. The molecule has 20 heavy (non-hydrogen) atoms. The molecule has 1 amide bonds. The predicted octanol–water partition coefficient (Wildman–Crippen LogP) is 3.00. The summed E-state index contributed by atoms with van der Waals surface area (Å²) >= 11 is 1.40. The first-order valence-electron chi connectivity index (χ1n) is 6.74. The number of nitrogens with one attached hydrogen (secondary N) is 1. The van der Waals surface area contributed by atoms with E-state index in [1.54, 1.807) is 0 Å². The normalized spacial score (nSPS) is 11.7. The molecule has 0 fully saturated rings. The molecular weight excluding hydrogens is 268 g/mol. The van der Waals surface area contributed by atoms with Crippen LogP contribution < -0.4 is 11.1 Å². The molecule has 0 saturated carbocycles. The van der Waals surface area contributed by atoms with Crippen molar-refractivity contribution in [2.24, 2.45) is 11.1 Å². The molecule has 3 nitrogen and oxygen atoms in total. The lowest BCUT2D eigenvalue weighted by atomic mass is 9.82. The van der Waals surface area contributed by atoms with Gasteiger partial charge >= 0.3 is 0 Å². The molecule has 0 unspecified atom stereocenters. The van der Waals surface area contributed by atoms with Gasteiger partial charge in [-0.25, -0.2) is 0 Å². The fourth-order valence-corrected chi connectivity index (χ4v) is 3.18. The van der Waals surface area contributed by atoms with Crippen LogP contribution in [0.4, 0.5) is 0 Å². The lowest BCUT2D eigenvalue weighted by Crippen LogP contribution is -2.45. The molecule has 0 aliphatic rings. The Kier molecular flexibility index (Phi) is 5.38. The highest BCUT2D eigenvalue weighted by Crippen LogP contribution is 2.27. The van der Waals surface area contributed by atoms with Crippen LogP contribution in [-0.2, 0) is 0 Å². The average Bonchev–Trinajstić information content (AvgIpc) is 2.70. The van der Waals surface area contributed by atoms with Crippen molar-refractivity contribution < 1.29 is 4.79 Å². The van der Waals surface area contributed by atoms with Gasteiger partial charge in [-0.1, -0.05) is 32.6 Å². The minimum Gasteiger partial charge on any atom is -0.346 e. The first-order chi connectivity index (χ1) is 9.13. The Morgan fingerprint density at radius 1 is 1.30 bits per heavy atom. The van der Waals surface area contributed by atoms with Crippen molar-refractivity contribution in [3.63, 3.8) is 0 Å². The topological polar surface area (TPSA) is 55.1 Å². The van der Waals surface area contributed by atoms with Crippen LogP contribution in [0, 0.1) is 17.3 Å². The van der Waals surface area contributed by atoms with Gasteiger partial charge < -0.3 is 11.1 Å². The molecule has 1 heterocycles. The van der Waals surface area contributed by atoms with Crippen LogP contribution in [-0.4, -0.2) is 18.0 Å². The van der Waals surface area contributed by atoms with Crippen LogP contribution in [0.25, 0.3) is 0 Å². The number of hydrogen-bond acceptors (Lipinski definition) is 3. The summed E-state index contributed by atoms with van der Waals surface area (Å²) in [6.45, 7) is 11.0. The van der Waals surface area contributed by atoms with Crippen molar-refractivity contribution in [2.45, 2.75) is 46.6 Å². The van der Waals surface area contributed by atoms with Crippen LogP contribution in [0.15, 0.2) is 12.1 Å². The van der Waals surface area contributed by atoms with Gasteiger partial charge in [0.05, 0.1) is 16.3 Å². The maximum Gasteiger partial charge on any atom is 0.261 e. The Bertz CT molecular complexity index is 527. The first-order valence-corrected chi connectivity index (χ1v) is 7.56. The van der Waals surface area contributed by atoms with E-state index in [1.807, 2.05) is 12.1 Å². The number of hydrogen-bond donors (Lipinski definition) is 2. The van der Waals surface area contributed by atoms with E-state index in [1.165, 1.54) is 11.3 Å². The summed E-state index contributed by atoms with van der Waals surface area (Å²) in [5.41, 5.74) is 5.27. The van der Waals surface area contributed by atoms with Crippen molar-refractivity contribution >= 4 is 17.2 Å². The monoisotopic (exact) mass is 292 g/mol. The molecular formula is C16H24N2OS. The fraction of sp³-hybridized carbons (Fsp3) is 0.562. The number of carbonyl (C=O) groups excluding carboxylic acids is 1. The van der Waals surface area contributed by atoms with Gasteiger partial charge in [0.15, 0.2) is 0 Å². The third-order valence-corrected chi connectivity index (χ3v) is 3.57. The summed E-state index contributed by atoms with van der Waals surface area (Å²) in [4.78, 5) is 13.8. The number of thiophene rings is 1. The van der Waals surface area contributed by atoms with E-state index in [2.05, 4.69) is 51.8 Å². The Balaban J connectivity index is 2.73. The minimum atomic E-state index is -0.234. The highest BCUT2D eigenvalue weighted by atomic mass is 32.1. The van der Waals surface area contributed by atoms with Gasteiger partial charge in [0.25, 0.3) is 5.91 Å². The molecule has 110 valence electrons. The van der Waals surface area contributed by atoms with E-state index < -0.39 is 0 Å². The standard InChI is InChI=1S/C16H24N2OS/c1-15(2,3)11-16(4,5)18-14(19)13-9-8-12(20-13)7-6-10-17/h8-9H,10-11,17H2,1-5H3,(H,18,19). The second kappa shape index (κ2) is 6.43. The minimum absolute atomic E-state index is 0.0370. The van der Waals surface area contributed by atoms with Crippen molar-refractivity contribution in [2.75, 3.05) is 6.54 Å². The van der Waals surface area contributed by atoms with E-state index in [4.69, 9.17) is 5.73 Å². The van der Waals surface area contributed by atoms with Gasteiger partial charge in [-0.2, -0.15) is 0 Å². The predicted molar refractivity (Wildman–Crippen MR) is 85.9 cm³/mol. The molecule has 0 bridgehead atoms. The zero-order chi connectivity index (χ0) is 15.4. The van der Waals surface area contributed by atoms with E-state index in [0.717, 1.165) is 11.3 Å². The highest BCUT2D eigenvalue weighted by Gasteiger charge is 2.27. The summed E-state index contributed by atoms with van der Waals surface area (Å²) < 4.78 is 0. The second-order valence-corrected chi connectivity index (χ2v) is 7.83. The van der Waals surface area contributed by atoms with Crippen LogP contribution in [0.3, 0.4) is 0 Å². The lowest BCUT2D eigenvalue weighted by molar-refractivity contribution is 0.0895. The molecule has 0 aliphatic carbocycles. The largest absolute Gasteiger partial charge is 0.346 e. The van der Waals surface area contributed by atoms with E-state index in [0.29, 0.717) is 11.4 Å². The smallest absolute Gasteiger partial charge is 0.261 e. The van der Waals surface area contributed by atoms with Gasteiger partial charge in [0, 0.05) is 5.54 Å². The summed E-state index contributed by atoms with van der Waals surface area (Å²) in [7, 11) is 0. The zero-order valence-corrected chi connectivity index (χ0v) is 13.8. The van der Waals surface area contributed by atoms with E-state index >= 15 is 0 Å². The molecule has 1 aromatic rings. The summed E-state index contributed by atoms with van der Waals surface area (Å²) in [6, 6.07) is 3.67. The van der Waals surface area contributed by atoms with Crippen molar-refractivity contribution in [3.05, 3.63) is 21.9 Å². The van der Waals surface area contributed by atoms with Gasteiger partial charge in [-0.3, -0.25) is 4.79 Å². The molecule has 1 aromatic heterocycles. The second-order valence-electron chi connectivity index (χ2n) is 6.75. The molecule has 0 saturated heterocycles. The Morgan fingerprint density at radius 2 is 1.95 bits per heavy atom. The first kappa shape index (κ1) is 16.7. The quantitative estimate of drug-likeness (QED) is 0.841.